The van der Waals surface area contributed by atoms with Gasteiger partial charge in [-0.05, 0) is 51.4 Å². The van der Waals surface area contributed by atoms with E-state index in [1.165, 1.54) is 225 Å². The van der Waals surface area contributed by atoms with Crippen LogP contribution >= 0.6 is 0 Å². The van der Waals surface area contributed by atoms with Crippen LogP contribution in [0.25, 0.3) is 0 Å². The lowest BCUT2D eigenvalue weighted by atomic mass is 10.0. The van der Waals surface area contributed by atoms with Crippen LogP contribution in [-0.2, 0) is 14.3 Å². The molecule has 1 atom stereocenters. The van der Waals surface area contributed by atoms with Gasteiger partial charge >= 0.3 is 5.97 Å². The van der Waals surface area contributed by atoms with Gasteiger partial charge in [-0.3, -0.25) is 4.79 Å². The number of hydrogen-bond acceptors (Lipinski definition) is 4. The van der Waals surface area contributed by atoms with E-state index in [1.807, 2.05) is 0 Å². The Morgan fingerprint density at radius 2 is 0.724 bits per heavy atom. The van der Waals surface area contributed by atoms with Crippen LogP contribution in [0.4, 0.5) is 0 Å². The Hall–Kier alpha value is -1.39. The predicted molar refractivity (Wildman–Crippen MR) is 256 cm³/mol. The molecule has 0 fully saturated rings. The number of ether oxygens (including phenoxy) is 2. The Bertz CT molecular complexity index is 863. The Kier molecular flexibility index (Phi) is 50.5. The van der Waals surface area contributed by atoms with Crippen molar-refractivity contribution in [3.8, 4) is 0 Å². The second kappa shape index (κ2) is 51.8. The summed E-state index contributed by atoms with van der Waals surface area (Å²) >= 11 is 0. The number of aliphatic hydroxyl groups excluding tert-OH is 1. The highest BCUT2D eigenvalue weighted by atomic mass is 16.6. The van der Waals surface area contributed by atoms with E-state index in [9.17, 15) is 9.90 Å². The molecule has 0 rings (SSSR count). The Morgan fingerprint density at radius 1 is 0.414 bits per heavy atom. The first-order valence-electron chi connectivity index (χ1n) is 26.1. The number of allylic oxidation sites excluding steroid dienone is 6. The number of esters is 1. The second-order valence-corrected chi connectivity index (χ2v) is 17.6. The van der Waals surface area contributed by atoms with Gasteiger partial charge in [0.15, 0.2) is 0 Å². The maximum Gasteiger partial charge on any atom is 0.306 e. The summed E-state index contributed by atoms with van der Waals surface area (Å²) in [5.41, 5.74) is 0. The average Bonchev–Trinajstić information content (AvgIpc) is 3.23. The maximum absolute atomic E-state index is 12.3. The van der Waals surface area contributed by atoms with Gasteiger partial charge in [0, 0.05) is 13.0 Å². The van der Waals surface area contributed by atoms with Gasteiger partial charge in [0.05, 0.1) is 13.2 Å². The molecule has 342 valence electrons. The van der Waals surface area contributed by atoms with Gasteiger partial charge in [-0.1, -0.05) is 256 Å². The Morgan fingerprint density at radius 3 is 1.09 bits per heavy atom. The molecule has 0 spiro atoms. The third-order valence-corrected chi connectivity index (χ3v) is 11.7. The largest absolute Gasteiger partial charge is 0.457 e. The molecule has 0 aromatic heterocycles. The van der Waals surface area contributed by atoms with Gasteiger partial charge in [-0.2, -0.15) is 0 Å². The van der Waals surface area contributed by atoms with Crippen LogP contribution in [0, 0.1) is 0 Å². The minimum absolute atomic E-state index is 0.173. The Labute approximate surface area is 363 Å². The molecule has 0 aromatic carbocycles. The number of rotatable bonds is 49. The van der Waals surface area contributed by atoms with E-state index >= 15 is 0 Å². The van der Waals surface area contributed by atoms with Crippen molar-refractivity contribution in [3.63, 3.8) is 0 Å². The van der Waals surface area contributed by atoms with E-state index in [-0.39, 0.29) is 12.6 Å². The molecule has 58 heavy (non-hydrogen) atoms. The number of carbonyl (C=O) groups excluding carboxylic acids is 1. The zero-order valence-corrected chi connectivity index (χ0v) is 39.3. The van der Waals surface area contributed by atoms with Gasteiger partial charge in [-0.25, -0.2) is 0 Å². The maximum atomic E-state index is 12.3. The summed E-state index contributed by atoms with van der Waals surface area (Å²) in [7, 11) is 0. The van der Waals surface area contributed by atoms with E-state index in [4.69, 9.17) is 9.47 Å². The van der Waals surface area contributed by atoms with Crippen molar-refractivity contribution in [1.82, 2.24) is 0 Å². The molecule has 4 nitrogen and oxygen atoms in total. The third kappa shape index (κ3) is 49.0. The lowest BCUT2D eigenvalue weighted by molar-refractivity contribution is -0.154. The van der Waals surface area contributed by atoms with Crippen LogP contribution in [0.1, 0.15) is 277 Å². The minimum atomic E-state index is -0.538. The SMILES string of the molecule is CCCCCCC/C=C\C/C=C\C/C=C\CCCCCCCCCOCC(CO)OC(=O)CCCCCCCCCCCCCCCCCCCCCCCCCC. The standard InChI is InChI=1S/C54H102O4/c1-3-5-7-9-11-13-15-17-19-21-23-25-27-28-29-31-33-35-37-39-41-43-45-47-49-54(56)58-53(51-55)52-57-50-48-46-44-42-40-38-36-34-32-30-26-24-22-20-18-16-14-12-10-8-6-4-2/h16,18,22,24,30,32,53,55H,3-15,17,19-21,23,25-29,31,33-52H2,1-2H3/b18-16-,24-22-,32-30-. The van der Waals surface area contributed by atoms with E-state index in [0.29, 0.717) is 19.6 Å². The Balaban J connectivity index is 3.39. The summed E-state index contributed by atoms with van der Waals surface area (Å²) in [5.74, 6) is -0.198. The van der Waals surface area contributed by atoms with E-state index < -0.39 is 6.10 Å². The molecule has 0 aliphatic heterocycles. The molecular formula is C54H102O4. The van der Waals surface area contributed by atoms with Crippen molar-refractivity contribution in [2.24, 2.45) is 0 Å². The smallest absolute Gasteiger partial charge is 0.306 e. The fourth-order valence-electron chi connectivity index (χ4n) is 7.81. The number of aliphatic hydroxyl groups is 1. The first-order chi connectivity index (χ1) is 28.7. The number of carbonyl (C=O) groups is 1. The highest BCUT2D eigenvalue weighted by molar-refractivity contribution is 5.69. The molecule has 1 unspecified atom stereocenters. The highest BCUT2D eigenvalue weighted by Crippen LogP contribution is 2.16. The molecule has 0 aliphatic carbocycles. The van der Waals surface area contributed by atoms with Gasteiger partial charge in [0.2, 0.25) is 0 Å². The quantitative estimate of drug-likeness (QED) is 0.0378. The van der Waals surface area contributed by atoms with Gasteiger partial charge < -0.3 is 14.6 Å². The summed E-state index contributed by atoms with van der Waals surface area (Å²) in [6.07, 6.45) is 66.7. The zero-order chi connectivity index (χ0) is 41.9. The number of hydrogen-bond donors (Lipinski definition) is 1. The molecular weight excluding hydrogens is 713 g/mol. The minimum Gasteiger partial charge on any atom is -0.457 e. The summed E-state index contributed by atoms with van der Waals surface area (Å²) in [6, 6.07) is 0. The highest BCUT2D eigenvalue weighted by Gasteiger charge is 2.13. The van der Waals surface area contributed by atoms with Crippen LogP contribution in [0.3, 0.4) is 0 Å². The van der Waals surface area contributed by atoms with Crippen molar-refractivity contribution >= 4 is 5.97 Å². The summed E-state index contributed by atoms with van der Waals surface area (Å²) < 4.78 is 11.2. The number of unbranched alkanes of at least 4 members (excludes halogenated alkanes) is 35. The molecule has 0 aromatic rings. The molecule has 0 radical (unpaired) electrons. The molecule has 0 amide bonds. The molecule has 0 aliphatic rings. The molecule has 0 bridgehead atoms. The molecule has 1 N–H and O–H groups in total. The fraction of sp³-hybridized carbons (Fsp3) is 0.870. The third-order valence-electron chi connectivity index (χ3n) is 11.7. The van der Waals surface area contributed by atoms with Gasteiger partial charge in [-0.15, -0.1) is 0 Å². The molecule has 0 saturated heterocycles. The molecule has 4 heteroatoms. The van der Waals surface area contributed by atoms with Crippen LogP contribution in [0.5, 0.6) is 0 Å². The second-order valence-electron chi connectivity index (χ2n) is 17.6. The normalized spacial score (nSPS) is 12.5. The van der Waals surface area contributed by atoms with Crippen LogP contribution < -0.4 is 0 Å². The molecule has 0 heterocycles. The zero-order valence-electron chi connectivity index (χ0n) is 39.3. The van der Waals surface area contributed by atoms with Gasteiger partial charge in [0.25, 0.3) is 0 Å². The van der Waals surface area contributed by atoms with Gasteiger partial charge in [0.1, 0.15) is 6.10 Å². The van der Waals surface area contributed by atoms with E-state index in [1.54, 1.807) is 0 Å². The first-order valence-corrected chi connectivity index (χ1v) is 26.1. The van der Waals surface area contributed by atoms with Crippen molar-refractivity contribution in [2.45, 2.75) is 283 Å². The van der Waals surface area contributed by atoms with Crippen molar-refractivity contribution in [3.05, 3.63) is 36.5 Å². The topological polar surface area (TPSA) is 55.8 Å². The van der Waals surface area contributed by atoms with Crippen LogP contribution in [0.2, 0.25) is 0 Å². The molecule has 0 saturated carbocycles. The van der Waals surface area contributed by atoms with Crippen LogP contribution in [0.15, 0.2) is 36.5 Å². The first kappa shape index (κ1) is 56.6. The van der Waals surface area contributed by atoms with Crippen molar-refractivity contribution < 1.29 is 19.4 Å². The van der Waals surface area contributed by atoms with E-state index in [0.717, 1.165) is 32.1 Å². The summed E-state index contributed by atoms with van der Waals surface area (Å²) in [5, 5.41) is 9.65. The monoisotopic (exact) mass is 815 g/mol. The van der Waals surface area contributed by atoms with Crippen molar-refractivity contribution in [2.75, 3.05) is 19.8 Å². The fourth-order valence-corrected chi connectivity index (χ4v) is 7.81. The predicted octanol–water partition coefficient (Wildman–Crippen LogP) is 17.6. The van der Waals surface area contributed by atoms with E-state index in [2.05, 4.69) is 50.3 Å². The summed E-state index contributed by atoms with van der Waals surface area (Å²) in [4.78, 5) is 12.3. The summed E-state index contributed by atoms with van der Waals surface area (Å²) in [6.45, 7) is 5.36. The lowest BCUT2D eigenvalue weighted by Gasteiger charge is -2.16. The lowest BCUT2D eigenvalue weighted by Crippen LogP contribution is -2.27. The van der Waals surface area contributed by atoms with Crippen LogP contribution in [-0.4, -0.2) is 37.0 Å². The van der Waals surface area contributed by atoms with Crippen molar-refractivity contribution in [1.29, 1.82) is 0 Å². The average molecular weight is 815 g/mol.